The predicted molar refractivity (Wildman–Crippen MR) is 94.1 cm³/mol. The molecule has 120 valence electrons. The van der Waals surface area contributed by atoms with Crippen LogP contribution in [0.25, 0.3) is 27.2 Å². The average molecular weight is 338 g/mol. The molecule has 24 heavy (non-hydrogen) atoms. The first-order chi connectivity index (χ1) is 11.5. The number of hydrogen-bond acceptors (Lipinski definition) is 4. The fraction of sp³-hybridized carbons (Fsp3) is 0.167. The number of benzene rings is 1. The first-order valence-electron chi connectivity index (χ1n) is 7.58. The molecule has 0 saturated heterocycles. The Labute approximate surface area is 142 Å². The van der Waals surface area contributed by atoms with Crippen molar-refractivity contribution in [2.24, 2.45) is 0 Å². The van der Waals surface area contributed by atoms with Crippen molar-refractivity contribution in [3.05, 3.63) is 58.7 Å². The zero-order valence-electron chi connectivity index (χ0n) is 13.5. The molecule has 0 radical (unpaired) electrons. The predicted octanol–water partition coefficient (Wildman–Crippen LogP) is 4.61. The smallest absolute Gasteiger partial charge is 0.166 e. The van der Waals surface area contributed by atoms with Crippen LogP contribution < -0.4 is 0 Å². The van der Waals surface area contributed by atoms with Gasteiger partial charge in [-0.15, -0.1) is 11.3 Å². The van der Waals surface area contributed by atoms with Crippen LogP contribution in [-0.4, -0.2) is 19.7 Å². The summed E-state index contributed by atoms with van der Waals surface area (Å²) in [5.41, 5.74) is 3.95. The SMILES string of the molecule is Cc1cc(C)n(-c2ncnc3sc(C)c(-c4ccc(F)cc4)c23)n1. The zero-order chi connectivity index (χ0) is 16.8. The van der Waals surface area contributed by atoms with Crippen LogP contribution in [0.3, 0.4) is 0 Å². The largest absolute Gasteiger partial charge is 0.225 e. The van der Waals surface area contributed by atoms with Crippen LogP contribution in [0.1, 0.15) is 16.3 Å². The molecule has 0 unspecified atom stereocenters. The summed E-state index contributed by atoms with van der Waals surface area (Å²) in [6, 6.07) is 8.56. The number of hydrogen-bond donors (Lipinski definition) is 0. The number of halogens is 1. The van der Waals surface area contributed by atoms with Crippen LogP contribution in [0.4, 0.5) is 4.39 Å². The molecule has 0 saturated carbocycles. The molecule has 0 amide bonds. The van der Waals surface area contributed by atoms with Crippen LogP contribution in [0, 0.1) is 26.6 Å². The van der Waals surface area contributed by atoms with Crippen molar-refractivity contribution in [1.82, 2.24) is 19.7 Å². The lowest BCUT2D eigenvalue weighted by Gasteiger charge is -2.08. The average Bonchev–Trinajstić information content (AvgIpc) is 3.06. The molecule has 1 aromatic carbocycles. The number of aryl methyl sites for hydroxylation is 3. The Balaban J connectivity index is 2.06. The van der Waals surface area contributed by atoms with E-state index in [-0.39, 0.29) is 5.82 Å². The highest BCUT2D eigenvalue weighted by atomic mass is 32.1. The van der Waals surface area contributed by atoms with Gasteiger partial charge in [0.05, 0.1) is 11.1 Å². The van der Waals surface area contributed by atoms with Gasteiger partial charge in [-0.3, -0.25) is 0 Å². The van der Waals surface area contributed by atoms with Gasteiger partial charge in [0, 0.05) is 16.1 Å². The number of rotatable bonds is 2. The van der Waals surface area contributed by atoms with Crippen molar-refractivity contribution in [2.45, 2.75) is 20.8 Å². The first kappa shape index (κ1) is 15.0. The molecule has 4 aromatic rings. The molecule has 0 fully saturated rings. The van der Waals surface area contributed by atoms with Gasteiger partial charge in [0.15, 0.2) is 5.82 Å². The standard InChI is InChI=1S/C18H15FN4S/c1-10-8-11(2)23(22-10)17-16-15(13-4-6-14(19)7-5-13)12(3)24-18(16)21-9-20-17/h4-9H,1-3H3. The summed E-state index contributed by atoms with van der Waals surface area (Å²) in [6.07, 6.45) is 1.57. The second-order valence-corrected chi connectivity index (χ2v) is 6.96. The van der Waals surface area contributed by atoms with Crippen molar-refractivity contribution in [2.75, 3.05) is 0 Å². The van der Waals surface area contributed by atoms with Crippen LogP contribution in [0.5, 0.6) is 0 Å². The van der Waals surface area contributed by atoms with Gasteiger partial charge in [-0.1, -0.05) is 12.1 Å². The third kappa shape index (κ3) is 2.30. The highest BCUT2D eigenvalue weighted by molar-refractivity contribution is 7.19. The third-order valence-corrected chi connectivity index (χ3v) is 5.00. The number of nitrogens with zero attached hydrogens (tertiary/aromatic N) is 4. The molecule has 0 aliphatic heterocycles. The number of aromatic nitrogens is 4. The Bertz CT molecular complexity index is 1050. The lowest BCUT2D eigenvalue weighted by atomic mass is 10.0. The van der Waals surface area contributed by atoms with Gasteiger partial charge in [0.2, 0.25) is 0 Å². The molecule has 0 aliphatic rings. The Hall–Kier alpha value is -2.60. The normalized spacial score (nSPS) is 11.3. The van der Waals surface area contributed by atoms with Crippen LogP contribution in [-0.2, 0) is 0 Å². The van der Waals surface area contributed by atoms with Crippen LogP contribution in [0.15, 0.2) is 36.7 Å². The molecule has 4 nitrogen and oxygen atoms in total. The van der Waals surface area contributed by atoms with Crippen molar-refractivity contribution in [3.8, 4) is 16.9 Å². The van der Waals surface area contributed by atoms with Gasteiger partial charge < -0.3 is 0 Å². The Morgan fingerprint density at radius 1 is 1.04 bits per heavy atom. The summed E-state index contributed by atoms with van der Waals surface area (Å²) in [5.74, 6) is 0.514. The van der Waals surface area contributed by atoms with E-state index < -0.39 is 0 Å². The van der Waals surface area contributed by atoms with Gasteiger partial charge >= 0.3 is 0 Å². The minimum Gasteiger partial charge on any atom is -0.225 e. The fourth-order valence-electron chi connectivity index (χ4n) is 3.00. The topological polar surface area (TPSA) is 43.6 Å². The molecule has 0 bridgehead atoms. The molecule has 6 heteroatoms. The lowest BCUT2D eigenvalue weighted by molar-refractivity contribution is 0.628. The summed E-state index contributed by atoms with van der Waals surface area (Å²) >= 11 is 1.61. The Morgan fingerprint density at radius 3 is 2.46 bits per heavy atom. The number of fused-ring (bicyclic) bond motifs is 1. The summed E-state index contributed by atoms with van der Waals surface area (Å²) in [6.45, 7) is 6.02. The molecule has 0 atom stereocenters. The minimum atomic E-state index is -0.244. The van der Waals surface area contributed by atoms with Gasteiger partial charge in [0.1, 0.15) is 17.0 Å². The van der Waals surface area contributed by atoms with E-state index in [0.29, 0.717) is 0 Å². The molecule has 0 spiro atoms. The molecule has 4 rings (SSSR count). The van der Waals surface area contributed by atoms with E-state index in [9.17, 15) is 4.39 Å². The van der Waals surface area contributed by atoms with Crippen LogP contribution >= 0.6 is 11.3 Å². The molecular weight excluding hydrogens is 323 g/mol. The van der Waals surface area contributed by atoms with E-state index >= 15 is 0 Å². The van der Waals surface area contributed by atoms with E-state index in [1.54, 1.807) is 29.8 Å². The maximum atomic E-state index is 13.3. The molecule has 0 aliphatic carbocycles. The summed E-state index contributed by atoms with van der Waals surface area (Å²) < 4.78 is 15.2. The van der Waals surface area contributed by atoms with E-state index in [1.807, 2.05) is 24.6 Å². The van der Waals surface area contributed by atoms with Crippen LogP contribution in [0.2, 0.25) is 0 Å². The fourth-order valence-corrected chi connectivity index (χ4v) is 4.00. The maximum Gasteiger partial charge on any atom is 0.166 e. The Kier molecular flexibility index (Phi) is 3.42. The quantitative estimate of drug-likeness (QED) is 0.536. The highest BCUT2D eigenvalue weighted by Crippen LogP contribution is 2.39. The summed E-state index contributed by atoms with van der Waals surface area (Å²) in [4.78, 5) is 10.9. The second kappa shape index (κ2) is 5.49. The molecule has 0 N–H and O–H groups in total. The van der Waals surface area contributed by atoms with Gasteiger partial charge in [0.25, 0.3) is 0 Å². The molecule has 3 aromatic heterocycles. The third-order valence-electron chi connectivity index (χ3n) is 3.99. The van der Waals surface area contributed by atoms with Crippen molar-refractivity contribution < 1.29 is 4.39 Å². The summed E-state index contributed by atoms with van der Waals surface area (Å²) in [7, 11) is 0. The molecule has 3 heterocycles. The Morgan fingerprint density at radius 2 is 1.79 bits per heavy atom. The van der Waals surface area contributed by atoms with Gasteiger partial charge in [-0.25, -0.2) is 19.0 Å². The number of thiophene rings is 1. The summed E-state index contributed by atoms with van der Waals surface area (Å²) in [5, 5.41) is 5.52. The zero-order valence-corrected chi connectivity index (χ0v) is 14.4. The second-order valence-electron chi connectivity index (χ2n) is 5.76. The van der Waals surface area contributed by atoms with E-state index in [2.05, 4.69) is 22.0 Å². The lowest BCUT2D eigenvalue weighted by Crippen LogP contribution is -2.03. The van der Waals surface area contributed by atoms with Crippen molar-refractivity contribution in [1.29, 1.82) is 0 Å². The van der Waals surface area contributed by atoms with Crippen molar-refractivity contribution in [3.63, 3.8) is 0 Å². The molecular formula is C18H15FN4S. The van der Waals surface area contributed by atoms with E-state index in [1.165, 1.54) is 12.1 Å². The highest BCUT2D eigenvalue weighted by Gasteiger charge is 2.19. The maximum absolute atomic E-state index is 13.3. The van der Waals surface area contributed by atoms with Crippen molar-refractivity contribution >= 4 is 21.6 Å². The van der Waals surface area contributed by atoms with E-state index in [4.69, 9.17) is 0 Å². The van der Waals surface area contributed by atoms with E-state index in [0.717, 1.165) is 43.4 Å². The first-order valence-corrected chi connectivity index (χ1v) is 8.40. The monoisotopic (exact) mass is 338 g/mol. The van der Waals surface area contributed by atoms with Gasteiger partial charge in [-0.05, 0) is 44.5 Å². The minimum absolute atomic E-state index is 0.244. The van der Waals surface area contributed by atoms with Gasteiger partial charge in [-0.2, -0.15) is 5.10 Å².